The Labute approximate surface area is 126 Å². The lowest BCUT2D eigenvalue weighted by atomic mass is 9.78. The van der Waals surface area contributed by atoms with Crippen LogP contribution in [0.2, 0.25) is 0 Å². The molecular formula is C19H21NO. The molecule has 108 valence electrons. The number of benzene rings is 2. The normalized spacial score (nSPS) is 28.4. The quantitative estimate of drug-likeness (QED) is 0.934. The number of hydrogen-bond donors (Lipinski definition) is 1. The molecule has 1 N–H and O–H groups in total. The van der Waals surface area contributed by atoms with Gasteiger partial charge in [-0.3, -0.25) is 4.90 Å². The molecule has 2 aromatic carbocycles. The molecule has 0 amide bonds. The second-order valence-electron chi connectivity index (χ2n) is 6.54. The van der Waals surface area contributed by atoms with E-state index in [2.05, 4.69) is 36.2 Å². The van der Waals surface area contributed by atoms with E-state index in [4.69, 9.17) is 0 Å². The van der Waals surface area contributed by atoms with Crippen molar-refractivity contribution < 1.29 is 5.11 Å². The van der Waals surface area contributed by atoms with Gasteiger partial charge in [-0.1, -0.05) is 60.7 Å². The summed E-state index contributed by atoms with van der Waals surface area (Å²) >= 11 is 0. The van der Waals surface area contributed by atoms with Gasteiger partial charge >= 0.3 is 0 Å². The molecule has 1 aliphatic carbocycles. The third kappa shape index (κ3) is 1.94. The lowest BCUT2D eigenvalue weighted by Gasteiger charge is -2.40. The lowest BCUT2D eigenvalue weighted by molar-refractivity contribution is -0.00722. The van der Waals surface area contributed by atoms with Crippen molar-refractivity contribution in [3.05, 3.63) is 71.8 Å². The highest BCUT2D eigenvalue weighted by atomic mass is 16.3. The topological polar surface area (TPSA) is 23.5 Å². The third-order valence-corrected chi connectivity index (χ3v) is 5.24. The van der Waals surface area contributed by atoms with Crippen molar-refractivity contribution in [3.8, 4) is 0 Å². The number of aliphatic hydroxyl groups is 1. The van der Waals surface area contributed by atoms with E-state index in [1.165, 1.54) is 6.42 Å². The maximum atomic E-state index is 11.8. The number of piperidine rings is 1. The van der Waals surface area contributed by atoms with Crippen molar-refractivity contribution >= 4 is 0 Å². The van der Waals surface area contributed by atoms with Crippen molar-refractivity contribution in [1.82, 2.24) is 4.90 Å². The number of nitrogens with zero attached hydrogens (tertiary/aromatic N) is 1. The first-order chi connectivity index (χ1) is 10.2. The van der Waals surface area contributed by atoms with Crippen LogP contribution in [0.25, 0.3) is 0 Å². The third-order valence-electron chi connectivity index (χ3n) is 5.24. The molecule has 1 heterocycles. The average Bonchev–Trinajstić information content (AvgIpc) is 3.19. The predicted octanol–water partition coefficient (Wildman–Crippen LogP) is 2.87. The summed E-state index contributed by atoms with van der Waals surface area (Å²) in [5, 5.41) is 11.8. The van der Waals surface area contributed by atoms with Crippen LogP contribution in [-0.2, 0) is 5.60 Å². The van der Waals surface area contributed by atoms with E-state index in [9.17, 15) is 5.11 Å². The summed E-state index contributed by atoms with van der Waals surface area (Å²) in [6.07, 6.45) is 1.26. The van der Waals surface area contributed by atoms with E-state index in [1.807, 2.05) is 36.4 Å². The van der Waals surface area contributed by atoms with Crippen LogP contribution < -0.4 is 0 Å². The minimum Gasteiger partial charge on any atom is -0.379 e. The Hall–Kier alpha value is -1.64. The number of hydrogen-bond acceptors (Lipinski definition) is 2. The number of fused-ring (bicyclic) bond motifs is 1. The summed E-state index contributed by atoms with van der Waals surface area (Å²) in [4.78, 5) is 2.35. The zero-order valence-corrected chi connectivity index (χ0v) is 12.3. The van der Waals surface area contributed by atoms with Gasteiger partial charge in [0.2, 0.25) is 0 Å². The van der Waals surface area contributed by atoms with Crippen LogP contribution in [0, 0.1) is 11.8 Å². The van der Waals surface area contributed by atoms with Gasteiger partial charge in [-0.25, -0.2) is 0 Å². The van der Waals surface area contributed by atoms with Gasteiger partial charge in [0.1, 0.15) is 5.60 Å². The van der Waals surface area contributed by atoms with Gasteiger partial charge in [-0.05, 0) is 36.4 Å². The van der Waals surface area contributed by atoms with Crippen molar-refractivity contribution in [2.45, 2.75) is 18.1 Å². The van der Waals surface area contributed by atoms with E-state index in [0.717, 1.165) is 23.6 Å². The zero-order chi connectivity index (χ0) is 14.4. The van der Waals surface area contributed by atoms with Crippen LogP contribution in [0.4, 0.5) is 0 Å². The maximum Gasteiger partial charge on any atom is 0.130 e. The van der Waals surface area contributed by atoms with E-state index >= 15 is 0 Å². The van der Waals surface area contributed by atoms with Crippen LogP contribution in [0.5, 0.6) is 0 Å². The summed E-state index contributed by atoms with van der Waals surface area (Å²) in [6, 6.07) is 20.5. The SMILES string of the molecule is CN1C[C@@H]2C[C@@H]2C1C(O)(c1ccccc1)c1ccccc1. The maximum absolute atomic E-state index is 11.8. The monoisotopic (exact) mass is 279 g/mol. The first kappa shape index (κ1) is 13.1. The fourth-order valence-corrected chi connectivity index (χ4v) is 4.20. The van der Waals surface area contributed by atoms with Crippen molar-refractivity contribution in [2.75, 3.05) is 13.6 Å². The molecule has 21 heavy (non-hydrogen) atoms. The minimum absolute atomic E-state index is 0.173. The van der Waals surface area contributed by atoms with Gasteiger partial charge in [0.15, 0.2) is 0 Å². The largest absolute Gasteiger partial charge is 0.379 e. The summed E-state index contributed by atoms with van der Waals surface area (Å²) in [5.41, 5.74) is 1.08. The van der Waals surface area contributed by atoms with Crippen molar-refractivity contribution in [2.24, 2.45) is 11.8 Å². The highest BCUT2D eigenvalue weighted by molar-refractivity contribution is 5.40. The molecule has 0 spiro atoms. The number of likely N-dealkylation sites (tertiary alicyclic amines) is 1. The lowest BCUT2D eigenvalue weighted by Crippen LogP contribution is -2.49. The highest BCUT2D eigenvalue weighted by Gasteiger charge is 2.59. The summed E-state index contributed by atoms with van der Waals surface area (Å²) in [5.74, 6) is 1.40. The molecule has 1 aliphatic heterocycles. The Morgan fingerprint density at radius 2 is 1.48 bits per heavy atom. The molecule has 1 saturated heterocycles. The molecule has 0 aromatic heterocycles. The fraction of sp³-hybridized carbons (Fsp3) is 0.368. The summed E-state index contributed by atoms with van der Waals surface area (Å²) in [7, 11) is 2.15. The molecule has 2 fully saturated rings. The Morgan fingerprint density at radius 1 is 0.952 bits per heavy atom. The molecule has 2 aromatic rings. The van der Waals surface area contributed by atoms with E-state index in [-0.39, 0.29) is 6.04 Å². The minimum atomic E-state index is -0.923. The van der Waals surface area contributed by atoms with Gasteiger partial charge in [-0.15, -0.1) is 0 Å². The van der Waals surface area contributed by atoms with Crippen molar-refractivity contribution in [3.63, 3.8) is 0 Å². The van der Waals surface area contributed by atoms with Crippen LogP contribution in [-0.4, -0.2) is 29.6 Å². The molecule has 3 atom stereocenters. The molecule has 2 nitrogen and oxygen atoms in total. The van der Waals surface area contributed by atoms with Gasteiger partial charge in [0.25, 0.3) is 0 Å². The molecule has 1 saturated carbocycles. The Balaban J connectivity index is 1.87. The summed E-state index contributed by atoms with van der Waals surface area (Å²) < 4.78 is 0. The van der Waals surface area contributed by atoms with Crippen LogP contribution in [0.1, 0.15) is 17.5 Å². The van der Waals surface area contributed by atoms with Crippen LogP contribution >= 0.6 is 0 Å². The highest BCUT2D eigenvalue weighted by Crippen LogP contribution is 2.55. The van der Waals surface area contributed by atoms with Gasteiger partial charge in [0.05, 0.1) is 0 Å². The predicted molar refractivity (Wildman–Crippen MR) is 83.9 cm³/mol. The Morgan fingerprint density at radius 3 is 1.90 bits per heavy atom. The van der Waals surface area contributed by atoms with E-state index in [1.54, 1.807) is 0 Å². The van der Waals surface area contributed by atoms with E-state index in [0.29, 0.717) is 5.92 Å². The first-order valence-corrected chi connectivity index (χ1v) is 7.75. The van der Waals surface area contributed by atoms with Gasteiger partial charge in [-0.2, -0.15) is 0 Å². The smallest absolute Gasteiger partial charge is 0.130 e. The molecule has 2 aliphatic rings. The van der Waals surface area contributed by atoms with Crippen molar-refractivity contribution in [1.29, 1.82) is 0 Å². The number of likely N-dealkylation sites (N-methyl/N-ethyl adjacent to an activating group) is 1. The Bertz CT molecular complexity index is 583. The molecular weight excluding hydrogens is 258 g/mol. The van der Waals surface area contributed by atoms with Gasteiger partial charge in [0, 0.05) is 12.6 Å². The fourth-order valence-electron chi connectivity index (χ4n) is 4.20. The number of rotatable bonds is 3. The zero-order valence-electron chi connectivity index (χ0n) is 12.3. The second-order valence-corrected chi connectivity index (χ2v) is 6.54. The van der Waals surface area contributed by atoms with Gasteiger partial charge < -0.3 is 5.11 Å². The Kier molecular flexibility index (Phi) is 2.91. The molecule has 2 heteroatoms. The molecule has 0 radical (unpaired) electrons. The molecule has 1 unspecified atom stereocenters. The average molecular weight is 279 g/mol. The second kappa shape index (κ2) is 4.69. The van der Waals surface area contributed by atoms with E-state index < -0.39 is 5.60 Å². The van der Waals surface area contributed by atoms with Crippen LogP contribution in [0.15, 0.2) is 60.7 Å². The summed E-state index contributed by atoms with van der Waals surface area (Å²) in [6.45, 7) is 1.11. The van der Waals surface area contributed by atoms with Crippen LogP contribution in [0.3, 0.4) is 0 Å². The first-order valence-electron chi connectivity index (χ1n) is 7.75. The molecule has 0 bridgehead atoms. The standard InChI is InChI=1S/C19H21NO/c1-20-13-14-12-17(14)18(20)19(21,15-8-4-2-5-9-15)16-10-6-3-7-11-16/h2-11,14,17-18,21H,12-13H2,1H3/t14-,17-,18?/m0/s1. The molecule has 4 rings (SSSR count).